The number of aromatic nitrogens is 1. The highest BCUT2D eigenvalue weighted by atomic mass is 32.1. The highest BCUT2D eigenvalue weighted by molar-refractivity contribution is 7.09. The van der Waals surface area contributed by atoms with Crippen molar-refractivity contribution in [2.45, 2.75) is 26.3 Å². The van der Waals surface area contributed by atoms with Gasteiger partial charge in [0.1, 0.15) is 5.01 Å². The van der Waals surface area contributed by atoms with E-state index in [1.54, 1.807) is 12.3 Å². The lowest BCUT2D eigenvalue weighted by Gasteiger charge is -2.11. The summed E-state index contributed by atoms with van der Waals surface area (Å²) >= 11 is 1.54. The van der Waals surface area contributed by atoms with Crippen LogP contribution in [0.15, 0.2) is 5.38 Å². The van der Waals surface area contributed by atoms with E-state index in [2.05, 4.69) is 9.88 Å². The van der Waals surface area contributed by atoms with Gasteiger partial charge in [0.25, 0.3) is 0 Å². The standard InChI is InChI=1S/C11H16N2O2S/c1-2-15-11(14)9-8-16-10(12-9)7-13-5-3-4-6-13/h8H,2-7H2,1H3. The van der Waals surface area contributed by atoms with Gasteiger partial charge in [-0.25, -0.2) is 9.78 Å². The van der Waals surface area contributed by atoms with Crippen LogP contribution in [-0.2, 0) is 11.3 Å². The fourth-order valence-corrected chi connectivity index (χ4v) is 2.62. The predicted octanol–water partition coefficient (Wildman–Crippen LogP) is 1.92. The molecule has 0 aromatic carbocycles. The normalized spacial score (nSPS) is 16.6. The Morgan fingerprint density at radius 1 is 1.56 bits per heavy atom. The molecule has 0 atom stereocenters. The summed E-state index contributed by atoms with van der Waals surface area (Å²) in [5.41, 5.74) is 0.445. The van der Waals surface area contributed by atoms with Gasteiger partial charge in [0.2, 0.25) is 0 Å². The van der Waals surface area contributed by atoms with Crippen molar-refractivity contribution in [3.05, 3.63) is 16.1 Å². The lowest BCUT2D eigenvalue weighted by Crippen LogP contribution is -2.18. The molecule has 1 aliphatic heterocycles. The summed E-state index contributed by atoms with van der Waals surface area (Å²) < 4.78 is 4.90. The molecule has 0 spiro atoms. The predicted molar refractivity (Wildman–Crippen MR) is 62.6 cm³/mol. The summed E-state index contributed by atoms with van der Waals surface area (Å²) in [4.78, 5) is 18.1. The van der Waals surface area contributed by atoms with Crippen LogP contribution in [0.3, 0.4) is 0 Å². The lowest BCUT2D eigenvalue weighted by atomic mass is 10.4. The number of thiazole rings is 1. The molecule has 0 amide bonds. The van der Waals surface area contributed by atoms with Crippen molar-refractivity contribution in [1.82, 2.24) is 9.88 Å². The van der Waals surface area contributed by atoms with Crippen LogP contribution < -0.4 is 0 Å². The monoisotopic (exact) mass is 240 g/mol. The molecule has 2 heterocycles. The van der Waals surface area contributed by atoms with E-state index >= 15 is 0 Å². The Balaban J connectivity index is 1.93. The maximum atomic E-state index is 11.4. The molecule has 1 aromatic rings. The Bertz CT molecular complexity index is 359. The molecule has 1 aromatic heterocycles. The number of rotatable bonds is 4. The quantitative estimate of drug-likeness (QED) is 0.754. The molecule has 5 heteroatoms. The number of carbonyl (C=O) groups excluding carboxylic acids is 1. The first-order valence-corrected chi connectivity index (χ1v) is 6.51. The third-order valence-corrected chi connectivity index (χ3v) is 3.43. The topological polar surface area (TPSA) is 42.4 Å². The Kier molecular flexibility index (Phi) is 3.90. The number of carbonyl (C=O) groups is 1. The fourth-order valence-electron chi connectivity index (χ4n) is 1.81. The molecule has 1 aliphatic rings. The van der Waals surface area contributed by atoms with Gasteiger partial charge in [-0.15, -0.1) is 11.3 Å². The van der Waals surface area contributed by atoms with Gasteiger partial charge in [-0.2, -0.15) is 0 Å². The number of likely N-dealkylation sites (tertiary alicyclic amines) is 1. The SMILES string of the molecule is CCOC(=O)c1csc(CN2CCCC2)n1. The van der Waals surface area contributed by atoms with Gasteiger partial charge in [0.05, 0.1) is 13.2 Å². The number of hydrogen-bond acceptors (Lipinski definition) is 5. The average Bonchev–Trinajstić information content (AvgIpc) is 2.90. The Labute approximate surface area is 99.2 Å². The Hall–Kier alpha value is -0.940. The zero-order valence-corrected chi connectivity index (χ0v) is 10.3. The van der Waals surface area contributed by atoms with Gasteiger partial charge < -0.3 is 4.74 Å². The second-order valence-corrected chi connectivity index (χ2v) is 4.77. The summed E-state index contributed by atoms with van der Waals surface area (Å²) in [6, 6.07) is 0. The van der Waals surface area contributed by atoms with Gasteiger partial charge in [0.15, 0.2) is 5.69 Å². The van der Waals surface area contributed by atoms with Crippen molar-refractivity contribution in [3.8, 4) is 0 Å². The van der Waals surface area contributed by atoms with Crippen LogP contribution in [-0.4, -0.2) is 35.5 Å². The van der Waals surface area contributed by atoms with E-state index in [1.807, 2.05) is 0 Å². The number of nitrogens with zero attached hydrogens (tertiary/aromatic N) is 2. The molecule has 0 aliphatic carbocycles. The molecule has 0 unspecified atom stereocenters. The van der Waals surface area contributed by atoms with Gasteiger partial charge in [-0.1, -0.05) is 0 Å². The van der Waals surface area contributed by atoms with E-state index in [0.29, 0.717) is 12.3 Å². The average molecular weight is 240 g/mol. The molecular formula is C11H16N2O2S. The Morgan fingerprint density at radius 2 is 2.31 bits per heavy atom. The smallest absolute Gasteiger partial charge is 0.357 e. The summed E-state index contributed by atoms with van der Waals surface area (Å²) in [5, 5.41) is 2.79. The van der Waals surface area contributed by atoms with Gasteiger partial charge in [-0.3, -0.25) is 4.90 Å². The van der Waals surface area contributed by atoms with Gasteiger partial charge in [-0.05, 0) is 32.9 Å². The zero-order valence-electron chi connectivity index (χ0n) is 9.44. The van der Waals surface area contributed by atoms with Crippen molar-refractivity contribution in [3.63, 3.8) is 0 Å². The molecule has 2 rings (SSSR count). The summed E-state index contributed by atoms with van der Waals surface area (Å²) in [5.74, 6) is -0.313. The first-order chi connectivity index (χ1) is 7.79. The van der Waals surface area contributed by atoms with Crippen LogP contribution in [0.25, 0.3) is 0 Å². The molecule has 0 N–H and O–H groups in total. The van der Waals surface area contributed by atoms with E-state index in [1.165, 1.54) is 24.2 Å². The van der Waals surface area contributed by atoms with Crippen LogP contribution in [0.4, 0.5) is 0 Å². The number of hydrogen-bond donors (Lipinski definition) is 0. The maximum absolute atomic E-state index is 11.4. The molecule has 1 fully saturated rings. The van der Waals surface area contributed by atoms with Gasteiger partial charge >= 0.3 is 5.97 Å². The minimum absolute atomic E-state index is 0.313. The number of esters is 1. The summed E-state index contributed by atoms with van der Waals surface area (Å²) in [6.07, 6.45) is 2.55. The molecule has 0 bridgehead atoms. The second kappa shape index (κ2) is 5.41. The first-order valence-electron chi connectivity index (χ1n) is 5.63. The minimum atomic E-state index is -0.313. The van der Waals surface area contributed by atoms with Crippen LogP contribution in [0.1, 0.15) is 35.3 Å². The van der Waals surface area contributed by atoms with E-state index in [0.717, 1.165) is 24.6 Å². The highest BCUT2D eigenvalue weighted by Gasteiger charge is 2.16. The molecule has 0 saturated carbocycles. The molecular weight excluding hydrogens is 224 g/mol. The molecule has 4 nitrogen and oxygen atoms in total. The van der Waals surface area contributed by atoms with Gasteiger partial charge in [0, 0.05) is 5.38 Å². The van der Waals surface area contributed by atoms with Crippen LogP contribution in [0.5, 0.6) is 0 Å². The lowest BCUT2D eigenvalue weighted by molar-refractivity contribution is 0.0520. The first kappa shape index (κ1) is 11.5. The van der Waals surface area contributed by atoms with E-state index in [4.69, 9.17) is 4.74 Å². The maximum Gasteiger partial charge on any atom is 0.357 e. The Morgan fingerprint density at radius 3 is 3.00 bits per heavy atom. The largest absolute Gasteiger partial charge is 0.461 e. The summed E-state index contributed by atoms with van der Waals surface area (Å²) in [7, 11) is 0. The van der Waals surface area contributed by atoms with E-state index in [-0.39, 0.29) is 5.97 Å². The molecule has 88 valence electrons. The minimum Gasteiger partial charge on any atom is -0.461 e. The van der Waals surface area contributed by atoms with Crippen molar-refractivity contribution < 1.29 is 9.53 Å². The van der Waals surface area contributed by atoms with Crippen LogP contribution in [0, 0.1) is 0 Å². The van der Waals surface area contributed by atoms with E-state index < -0.39 is 0 Å². The fraction of sp³-hybridized carbons (Fsp3) is 0.636. The van der Waals surface area contributed by atoms with Crippen molar-refractivity contribution in [2.75, 3.05) is 19.7 Å². The second-order valence-electron chi connectivity index (χ2n) is 3.83. The number of ether oxygens (including phenoxy) is 1. The van der Waals surface area contributed by atoms with Crippen molar-refractivity contribution >= 4 is 17.3 Å². The third-order valence-electron chi connectivity index (χ3n) is 2.59. The van der Waals surface area contributed by atoms with E-state index in [9.17, 15) is 4.79 Å². The van der Waals surface area contributed by atoms with Crippen LogP contribution in [0.2, 0.25) is 0 Å². The molecule has 1 saturated heterocycles. The third kappa shape index (κ3) is 2.80. The highest BCUT2D eigenvalue weighted by Crippen LogP contribution is 2.16. The summed E-state index contributed by atoms with van der Waals surface area (Å²) in [6.45, 7) is 5.36. The zero-order chi connectivity index (χ0) is 11.4. The van der Waals surface area contributed by atoms with Crippen molar-refractivity contribution in [1.29, 1.82) is 0 Å². The molecule has 16 heavy (non-hydrogen) atoms. The van der Waals surface area contributed by atoms with Crippen molar-refractivity contribution in [2.24, 2.45) is 0 Å². The van der Waals surface area contributed by atoms with Crippen LogP contribution >= 0.6 is 11.3 Å². The molecule has 0 radical (unpaired) electrons.